The molecule has 10 aromatic rings. The average molecular weight is 682 g/mol. The zero-order valence-corrected chi connectivity index (χ0v) is 27.9. The predicted molar refractivity (Wildman–Crippen MR) is 219 cm³/mol. The number of hydrogen-bond donors (Lipinski definition) is 0. The summed E-state index contributed by atoms with van der Waals surface area (Å²) in [5.41, 5.74) is 0.0798. The van der Waals surface area contributed by atoms with E-state index in [4.69, 9.17) is 15.1 Å². The summed E-state index contributed by atoms with van der Waals surface area (Å²) < 4.78 is 138. The first kappa shape index (κ1) is 18.0. The van der Waals surface area contributed by atoms with Gasteiger partial charge in [-0.2, -0.15) is 0 Å². The molecule has 0 N–H and O–H groups in total. The highest BCUT2D eigenvalue weighted by Gasteiger charge is 2.42. The van der Waals surface area contributed by atoms with Gasteiger partial charge in [0.1, 0.15) is 0 Å². The number of fused-ring (bicyclic) bond motifs is 6. The lowest BCUT2D eigenvalue weighted by molar-refractivity contribution is 1.14. The average Bonchev–Trinajstić information content (AvgIpc) is 3.88. The Morgan fingerprint density at radius 3 is 1.12 bits per heavy atom. The summed E-state index contributed by atoms with van der Waals surface area (Å²) in [4.78, 5) is 0. The summed E-state index contributed by atoms with van der Waals surface area (Å²) in [6.07, 6.45) is 0. The smallest absolute Gasteiger partial charge is 0.179 e. The normalized spacial score (nSPS) is 16.0. The van der Waals surface area contributed by atoms with E-state index in [2.05, 4.69) is 0 Å². The number of nitrogens with zero attached hydrogens (tertiary/aromatic N) is 2. The number of aromatic nitrogens is 2. The van der Waals surface area contributed by atoms with Gasteiger partial charge in [-0.1, -0.05) is 164 Å². The monoisotopic (exact) mass is 681 g/mol. The van der Waals surface area contributed by atoms with Crippen molar-refractivity contribution in [3.63, 3.8) is 0 Å². The Hall–Kier alpha value is -6.42. The number of benzene rings is 8. The third kappa shape index (κ3) is 4.49. The van der Waals surface area contributed by atoms with Gasteiger partial charge in [0.05, 0.1) is 42.6 Å². The van der Waals surface area contributed by atoms with Crippen LogP contribution in [0.2, 0.25) is 0 Å². The fourth-order valence-electron chi connectivity index (χ4n) is 7.56. The quantitative estimate of drug-likeness (QED) is 0.122. The molecule has 0 amide bonds. The largest absolute Gasteiger partial charge is 0.309 e. The Balaban J connectivity index is 1.52. The molecule has 3 heteroatoms. The van der Waals surface area contributed by atoms with Gasteiger partial charge in [-0.3, -0.25) is 0 Å². The van der Waals surface area contributed by atoms with Gasteiger partial charge in [-0.15, -0.1) is 0 Å². The van der Waals surface area contributed by atoms with Gasteiger partial charge < -0.3 is 9.13 Å². The Bertz CT molecular complexity index is 3530. The van der Waals surface area contributed by atoms with Crippen molar-refractivity contribution in [3.8, 4) is 11.4 Å². The van der Waals surface area contributed by atoms with Crippen LogP contribution in [0.25, 0.3) is 55.0 Å². The molecule has 2 heterocycles. The fraction of sp³-hybridized carbons (Fsp3) is 0. The van der Waals surface area contributed by atoms with Crippen molar-refractivity contribution in [1.82, 2.24) is 9.13 Å². The minimum atomic E-state index is -3.62. The van der Waals surface area contributed by atoms with Crippen LogP contribution in [0.1, 0.15) is 20.6 Å². The summed E-state index contributed by atoms with van der Waals surface area (Å²) in [6, 6.07) is 28.4. The maximum atomic E-state index is 9.38. The SMILES string of the molecule is [2H]c1cc2c3c([2H])c([2H])c([2H])c([2H])c3n(-c3cc(-n4c5c([2H])c([2H])c([2H])c([2H])c5c5c([2H])c([2H])c([2H])c([2H])c54)cc([Si](c4ccccc4)(c4ccccc4)c4ccccc4)c3)c2c([2H])c1[2H]. The van der Waals surface area contributed by atoms with E-state index < -0.39 is 92.7 Å². The summed E-state index contributed by atoms with van der Waals surface area (Å²) in [7, 11) is -3.62. The molecule has 0 fully saturated rings. The highest BCUT2D eigenvalue weighted by Crippen LogP contribution is 2.35. The van der Waals surface area contributed by atoms with E-state index in [1.165, 1.54) is 15.2 Å². The van der Waals surface area contributed by atoms with Crippen LogP contribution in [0.5, 0.6) is 0 Å². The minimum Gasteiger partial charge on any atom is -0.309 e. The maximum absolute atomic E-state index is 9.38. The molecule has 0 spiro atoms. The Morgan fingerprint density at radius 1 is 0.333 bits per heavy atom. The topological polar surface area (TPSA) is 9.86 Å². The zero-order valence-electron chi connectivity index (χ0n) is 41.9. The van der Waals surface area contributed by atoms with Crippen LogP contribution in [0, 0.1) is 0 Å². The molecule has 2 aromatic heterocycles. The first-order valence-corrected chi connectivity index (χ1v) is 18.4. The van der Waals surface area contributed by atoms with Gasteiger partial charge in [-0.25, -0.2) is 0 Å². The molecule has 0 aliphatic heterocycles. The highest BCUT2D eigenvalue weighted by molar-refractivity contribution is 7.20. The lowest BCUT2D eigenvalue weighted by Crippen LogP contribution is -2.74. The van der Waals surface area contributed by atoms with Crippen molar-refractivity contribution in [1.29, 1.82) is 0 Å². The molecular weight excluding hydrogens is 633 g/mol. The van der Waals surface area contributed by atoms with Gasteiger partial charge in [0.25, 0.3) is 0 Å². The number of rotatable bonds is 6. The standard InChI is InChI=1S/C48H34N2Si/c1-4-18-37(19-5-1)51(38-20-6-2-7-21-38,39-22-8-3-9-23-39)40-33-35(49-45-28-14-10-24-41(45)42-25-11-15-29-46(42)49)32-36(34-40)50-47-30-16-12-26-43(47)44-27-13-17-31-48(44)50/h1-34H/i10D,11D,12D,13D,14D,15D,16D,17D,24D,25D,26D,28D,29D,30D,31D. The third-order valence-electron chi connectivity index (χ3n) is 9.61. The van der Waals surface area contributed by atoms with Crippen molar-refractivity contribution in [2.75, 3.05) is 0 Å². The van der Waals surface area contributed by atoms with Crippen molar-refractivity contribution < 1.29 is 20.6 Å². The first-order valence-electron chi connectivity index (χ1n) is 23.9. The molecule has 51 heavy (non-hydrogen) atoms. The maximum Gasteiger partial charge on any atom is 0.179 e. The van der Waals surface area contributed by atoms with Crippen LogP contribution < -0.4 is 20.7 Å². The number of hydrogen-bond acceptors (Lipinski definition) is 0. The van der Waals surface area contributed by atoms with E-state index in [0.29, 0.717) is 5.19 Å². The molecule has 0 saturated heterocycles. The van der Waals surface area contributed by atoms with Crippen molar-refractivity contribution >= 4 is 72.4 Å². The molecule has 0 aliphatic rings. The van der Waals surface area contributed by atoms with Crippen LogP contribution in [0.15, 0.2) is 206 Å². The molecular formula is C48H34N2Si. The van der Waals surface area contributed by atoms with Crippen molar-refractivity contribution in [2.24, 2.45) is 0 Å². The highest BCUT2D eigenvalue weighted by atomic mass is 28.3. The molecule has 0 bridgehead atoms. The van der Waals surface area contributed by atoms with Crippen LogP contribution >= 0.6 is 0 Å². The summed E-state index contributed by atoms with van der Waals surface area (Å²) in [5, 5.41) is 3.26. The Kier molecular flexibility index (Phi) is 4.19. The lowest BCUT2D eigenvalue weighted by atomic mass is 10.2. The minimum absolute atomic E-state index is 0.0126. The Morgan fingerprint density at radius 2 is 0.686 bits per heavy atom. The van der Waals surface area contributed by atoms with Gasteiger partial charge in [-0.05, 0) is 63.1 Å². The zero-order chi connectivity index (χ0) is 46.8. The summed E-state index contributed by atoms with van der Waals surface area (Å²) >= 11 is 0. The second-order valence-electron chi connectivity index (χ2n) is 12.2. The Labute approximate surface area is 319 Å². The summed E-state index contributed by atoms with van der Waals surface area (Å²) in [5.74, 6) is 0. The van der Waals surface area contributed by atoms with Crippen molar-refractivity contribution in [3.05, 3.63) is 206 Å². The van der Waals surface area contributed by atoms with Crippen LogP contribution in [-0.4, -0.2) is 17.2 Å². The van der Waals surface area contributed by atoms with Crippen LogP contribution in [-0.2, 0) is 0 Å². The molecule has 0 radical (unpaired) electrons. The molecule has 0 unspecified atom stereocenters. The fourth-order valence-corrected chi connectivity index (χ4v) is 12.4. The first-order chi connectivity index (χ1) is 31.5. The predicted octanol–water partition coefficient (Wildman–Crippen LogP) is 9.26. The van der Waals surface area contributed by atoms with Crippen LogP contribution in [0.4, 0.5) is 0 Å². The second-order valence-corrected chi connectivity index (χ2v) is 16.0. The van der Waals surface area contributed by atoms with E-state index in [1.807, 2.05) is 103 Å². The molecule has 0 atom stereocenters. The number of para-hydroxylation sites is 4. The second kappa shape index (κ2) is 11.9. The van der Waals surface area contributed by atoms with E-state index >= 15 is 0 Å². The third-order valence-corrected chi connectivity index (χ3v) is 14.4. The van der Waals surface area contributed by atoms with Crippen molar-refractivity contribution in [2.45, 2.75) is 0 Å². The van der Waals surface area contributed by atoms with Gasteiger partial charge >= 0.3 is 0 Å². The van der Waals surface area contributed by atoms with E-state index in [-0.39, 0.29) is 61.0 Å². The van der Waals surface area contributed by atoms with Gasteiger partial charge in [0, 0.05) is 32.9 Å². The molecule has 240 valence electrons. The molecule has 0 saturated carbocycles. The van der Waals surface area contributed by atoms with Gasteiger partial charge in [0.2, 0.25) is 0 Å². The molecule has 2 nitrogen and oxygen atoms in total. The van der Waals surface area contributed by atoms with Gasteiger partial charge in [0.15, 0.2) is 8.07 Å². The van der Waals surface area contributed by atoms with E-state index in [0.717, 1.165) is 15.6 Å². The van der Waals surface area contributed by atoms with Crippen LogP contribution in [0.3, 0.4) is 0 Å². The van der Waals surface area contributed by atoms with E-state index in [9.17, 15) is 5.48 Å². The molecule has 8 aromatic carbocycles. The molecule has 10 rings (SSSR count). The molecule has 0 aliphatic carbocycles. The van der Waals surface area contributed by atoms with E-state index in [1.54, 1.807) is 6.07 Å². The summed E-state index contributed by atoms with van der Waals surface area (Å²) in [6.45, 7) is 0. The lowest BCUT2D eigenvalue weighted by Gasteiger charge is -2.35.